The van der Waals surface area contributed by atoms with Crippen molar-refractivity contribution in [2.24, 2.45) is 0 Å². The zero-order valence-electron chi connectivity index (χ0n) is 10.0. The smallest absolute Gasteiger partial charge is 0.258 e. The number of halogens is 7. The van der Waals surface area contributed by atoms with Crippen LogP contribution in [0.15, 0.2) is 18.3 Å². The van der Waals surface area contributed by atoms with Gasteiger partial charge in [0.2, 0.25) is 0 Å². The van der Waals surface area contributed by atoms with E-state index in [1.54, 1.807) is 0 Å². The molecule has 21 heavy (non-hydrogen) atoms. The van der Waals surface area contributed by atoms with Crippen molar-refractivity contribution in [1.29, 1.82) is 0 Å². The first-order valence-electron chi connectivity index (χ1n) is 5.28. The number of rotatable bonds is 4. The van der Waals surface area contributed by atoms with Gasteiger partial charge < -0.3 is 0 Å². The molecule has 0 radical (unpaired) electrons. The molecule has 3 nitrogen and oxygen atoms in total. The van der Waals surface area contributed by atoms with Crippen LogP contribution in [-0.4, -0.2) is 25.3 Å². The van der Waals surface area contributed by atoms with E-state index in [-0.39, 0.29) is 0 Å². The largest absolute Gasteiger partial charge is 0.417 e. The van der Waals surface area contributed by atoms with Gasteiger partial charge >= 0.3 is 12.4 Å². The topological polar surface area (TPSA) is 47.0 Å². The van der Waals surface area contributed by atoms with Crippen LogP contribution < -0.4 is 0 Å². The van der Waals surface area contributed by atoms with E-state index >= 15 is 0 Å². The molecule has 0 aliphatic carbocycles. The summed E-state index contributed by atoms with van der Waals surface area (Å²) in [5, 5.41) is 0. The summed E-state index contributed by atoms with van der Waals surface area (Å²) in [5.41, 5.74) is -1.59. The second kappa shape index (κ2) is 5.99. The summed E-state index contributed by atoms with van der Waals surface area (Å²) >= 11 is 5.49. The minimum atomic E-state index is -4.68. The van der Waals surface area contributed by atoms with Gasteiger partial charge in [0.25, 0.3) is 0 Å². The lowest BCUT2D eigenvalue weighted by Crippen LogP contribution is -2.20. The third-order valence-corrected chi connectivity index (χ3v) is 5.01. The highest BCUT2D eigenvalue weighted by molar-refractivity contribution is 7.92. The Bertz CT molecular complexity index is 581. The van der Waals surface area contributed by atoms with E-state index in [2.05, 4.69) is 4.98 Å². The average Bonchev–Trinajstić information content (AvgIpc) is 2.34. The van der Waals surface area contributed by atoms with Gasteiger partial charge in [-0.25, -0.2) is 8.42 Å². The van der Waals surface area contributed by atoms with Crippen LogP contribution in [0.25, 0.3) is 0 Å². The van der Waals surface area contributed by atoms with Crippen molar-refractivity contribution >= 4 is 21.4 Å². The van der Waals surface area contributed by atoms with Gasteiger partial charge in [0.1, 0.15) is 0 Å². The summed E-state index contributed by atoms with van der Waals surface area (Å²) in [6.45, 7) is 0. The second-order valence-electron chi connectivity index (χ2n) is 4.02. The number of sulfone groups is 1. The molecule has 1 aromatic rings. The SMILES string of the molecule is O=S(=O)(CCC(F)(F)F)C(Cl)c1ccc(C(F)(F)F)cn1. The van der Waals surface area contributed by atoms with Crippen molar-refractivity contribution in [1.82, 2.24) is 4.98 Å². The zero-order chi connectivity index (χ0) is 16.5. The summed E-state index contributed by atoms with van der Waals surface area (Å²) in [6.07, 6.45) is -10.6. The summed E-state index contributed by atoms with van der Waals surface area (Å²) in [4.78, 5) is 3.24. The van der Waals surface area contributed by atoms with Crippen molar-refractivity contribution in [3.05, 3.63) is 29.6 Å². The highest BCUT2D eigenvalue weighted by atomic mass is 35.5. The van der Waals surface area contributed by atoms with Crippen molar-refractivity contribution in [2.75, 3.05) is 5.75 Å². The Balaban J connectivity index is 2.90. The van der Waals surface area contributed by atoms with E-state index in [1.807, 2.05) is 0 Å². The molecule has 0 saturated heterocycles. The molecule has 0 aliphatic rings. The Labute approximate surface area is 120 Å². The minimum absolute atomic E-state index is 0.365. The molecule has 0 aliphatic heterocycles. The van der Waals surface area contributed by atoms with E-state index in [1.165, 1.54) is 0 Å². The highest BCUT2D eigenvalue weighted by Crippen LogP contribution is 2.32. The average molecular weight is 356 g/mol. The molecule has 0 bridgehead atoms. The molecule has 0 saturated carbocycles. The Morgan fingerprint density at radius 3 is 2.10 bits per heavy atom. The molecular weight excluding hydrogens is 348 g/mol. The standard InChI is InChI=1S/C10H8ClF6NO2S/c11-8(21(19,20)4-3-9(12,13)14)7-2-1-6(5-18-7)10(15,16)17/h1-2,5,8H,3-4H2. The molecule has 1 heterocycles. The highest BCUT2D eigenvalue weighted by Gasteiger charge is 2.35. The van der Waals surface area contributed by atoms with E-state index < -0.39 is 50.3 Å². The maximum Gasteiger partial charge on any atom is 0.417 e. The molecule has 0 N–H and O–H groups in total. The molecule has 0 amide bonds. The summed E-state index contributed by atoms with van der Waals surface area (Å²) in [5.74, 6) is -1.27. The lowest BCUT2D eigenvalue weighted by molar-refractivity contribution is -0.137. The zero-order valence-corrected chi connectivity index (χ0v) is 11.6. The third kappa shape index (κ3) is 5.34. The normalized spacial score (nSPS) is 15.0. The third-order valence-electron chi connectivity index (χ3n) is 2.33. The van der Waals surface area contributed by atoms with Gasteiger partial charge in [0.05, 0.1) is 23.4 Å². The molecule has 1 rings (SSSR count). The summed E-state index contributed by atoms with van der Waals surface area (Å²) in [7, 11) is -4.39. The number of aromatic nitrogens is 1. The van der Waals surface area contributed by atoms with Crippen molar-refractivity contribution in [2.45, 2.75) is 23.5 Å². The molecular formula is C10H8ClF6NO2S. The summed E-state index contributed by atoms with van der Waals surface area (Å²) in [6, 6.07) is 1.27. The molecule has 1 unspecified atom stereocenters. The molecule has 0 spiro atoms. The molecule has 0 aromatic carbocycles. The quantitative estimate of drug-likeness (QED) is 0.611. The van der Waals surface area contributed by atoms with Gasteiger partial charge in [-0.2, -0.15) is 26.3 Å². The van der Waals surface area contributed by atoms with Crippen LogP contribution >= 0.6 is 11.6 Å². The Morgan fingerprint density at radius 2 is 1.71 bits per heavy atom. The fourth-order valence-corrected chi connectivity index (χ4v) is 2.88. The Morgan fingerprint density at radius 1 is 1.14 bits per heavy atom. The summed E-state index contributed by atoms with van der Waals surface area (Å²) < 4.78 is 94.0. The van der Waals surface area contributed by atoms with Gasteiger partial charge in [0, 0.05) is 6.20 Å². The molecule has 1 aromatic heterocycles. The van der Waals surface area contributed by atoms with Crippen LogP contribution in [0.4, 0.5) is 26.3 Å². The monoisotopic (exact) mass is 355 g/mol. The predicted molar refractivity (Wildman–Crippen MR) is 62.3 cm³/mol. The first kappa shape index (κ1) is 18.0. The first-order chi connectivity index (χ1) is 9.33. The van der Waals surface area contributed by atoms with E-state index in [9.17, 15) is 34.8 Å². The number of hydrogen-bond donors (Lipinski definition) is 0. The predicted octanol–water partition coefficient (Wildman–Crippen LogP) is 3.71. The van der Waals surface area contributed by atoms with Crippen LogP contribution in [0.5, 0.6) is 0 Å². The van der Waals surface area contributed by atoms with Crippen LogP contribution in [-0.2, 0) is 16.0 Å². The number of pyridine rings is 1. The maximum atomic E-state index is 12.3. The van der Waals surface area contributed by atoms with Crippen molar-refractivity contribution in [3.63, 3.8) is 0 Å². The van der Waals surface area contributed by atoms with E-state index in [4.69, 9.17) is 11.6 Å². The fraction of sp³-hybridized carbons (Fsp3) is 0.500. The number of nitrogens with zero attached hydrogens (tertiary/aromatic N) is 1. The van der Waals surface area contributed by atoms with Crippen molar-refractivity contribution in [3.8, 4) is 0 Å². The lowest BCUT2D eigenvalue weighted by atomic mass is 10.2. The van der Waals surface area contributed by atoms with Crippen LogP contribution in [0.2, 0.25) is 0 Å². The van der Waals surface area contributed by atoms with Gasteiger partial charge in [-0.3, -0.25) is 4.98 Å². The Kier molecular flexibility index (Phi) is 5.14. The van der Waals surface area contributed by atoms with E-state index in [0.29, 0.717) is 18.3 Å². The number of alkyl halides is 7. The van der Waals surface area contributed by atoms with Crippen LogP contribution in [0.3, 0.4) is 0 Å². The van der Waals surface area contributed by atoms with E-state index in [0.717, 1.165) is 0 Å². The second-order valence-corrected chi connectivity index (χ2v) is 6.92. The molecule has 11 heteroatoms. The minimum Gasteiger partial charge on any atom is -0.258 e. The maximum absolute atomic E-state index is 12.3. The fourth-order valence-electron chi connectivity index (χ4n) is 1.25. The van der Waals surface area contributed by atoms with Crippen molar-refractivity contribution < 1.29 is 34.8 Å². The molecule has 1 atom stereocenters. The van der Waals surface area contributed by atoms with Crippen LogP contribution in [0, 0.1) is 0 Å². The molecule has 120 valence electrons. The van der Waals surface area contributed by atoms with Gasteiger partial charge in [0.15, 0.2) is 14.5 Å². The molecule has 0 fully saturated rings. The van der Waals surface area contributed by atoms with Gasteiger partial charge in [-0.1, -0.05) is 11.6 Å². The van der Waals surface area contributed by atoms with Gasteiger partial charge in [-0.05, 0) is 12.1 Å². The Hall–Kier alpha value is -1.03. The number of hydrogen-bond acceptors (Lipinski definition) is 3. The van der Waals surface area contributed by atoms with Gasteiger partial charge in [-0.15, -0.1) is 0 Å². The van der Waals surface area contributed by atoms with Crippen LogP contribution in [0.1, 0.15) is 22.4 Å². The first-order valence-corrected chi connectivity index (χ1v) is 7.44. The lowest BCUT2D eigenvalue weighted by Gasteiger charge is -2.13.